The molecule has 0 N–H and O–H groups in total. The molecule has 0 saturated heterocycles. The van der Waals surface area contributed by atoms with Crippen molar-refractivity contribution in [3.05, 3.63) is 182 Å². The van der Waals surface area contributed by atoms with E-state index in [2.05, 4.69) is 120 Å². The highest BCUT2D eigenvalue weighted by Gasteiger charge is 2.28. The molecule has 0 atom stereocenters. The largest absolute Gasteiger partial charge is 0.456 e. The molecular formula is C55H30N4O2. The molecule has 0 aliphatic heterocycles. The van der Waals surface area contributed by atoms with E-state index >= 15 is 0 Å². The maximum atomic E-state index is 6.63. The Morgan fingerprint density at radius 3 is 1.82 bits per heavy atom. The van der Waals surface area contributed by atoms with Crippen molar-refractivity contribution in [2.24, 2.45) is 0 Å². The molecule has 0 fully saturated rings. The summed E-state index contributed by atoms with van der Waals surface area (Å²) in [5.41, 5.74) is 13.7. The van der Waals surface area contributed by atoms with Gasteiger partial charge in [0.1, 0.15) is 22.3 Å². The van der Waals surface area contributed by atoms with E-state index in [1.54, 1.807) is 0 Å². The Labute approximate surface area is 347 Å². The molecule has 0 saturated carbocycles. The average molecular weight is 779 g/mol. The number of benzene rings is 9. The number of fused-ring (bicyclic) bond motifs is 9. The third-order valence-electron chi connectivity index (χ3n) is 12.6. The number of aromatic nitrogens is 4. The van der Waals surface area contributed by atoms with Crippen LogP contribution in [0.3, 0.4) is 0 Å². The van der Waals surface area contributed by atoms with Gasteiger partial charge in [-0.15, -0.1) is 0 Å². The zero-order chi connectivity index (χ0) is 39.8. The molecule has 1 aliphatic carbocycles. The molecule has 4 aromatic heterocycles. The maximum Gasteiger partial charge on any atom is 0.167 e. The summed E-state index contributed by atoms with van der Waals surface area (Å²) >= 11 is 0. The van der Waals surface area contributed by atoms with Crippen molar-refractivity contribution >= 4 is 76.5 Å². The van der Waals surface area contributed by atoms with Gasteiger partial charge in [-0.1, -0.05) is 140 Å². The number of nitrogens with zero attached hydrogens (tertiary/aromatic N) is 4. The standard InChI is InChI=1S/C55H30N4O2/c1-2-13-32(14-3-1)53-56-54(40-23-11-22-38-35-18-6-8-25-44(35)61-52(38)40)58-55(57-53)51-43(29-30-46-49(51)39-19-7-9-26-45(39)60-46)59-41-24-12-21-37-34-17-5-4-16-33(34)36-20-10-15-31-27-28-42(59)50(47(31)36)48(37)41/h1-30H. The van der Waals surface area contributed by atoms with Crippen LogP contribution in [0.4, 0.5) is 0 Å². The highest BCUT2D eigenvalue weighted by Crippen LogP contribution is 2.51. The Balaban J connectivity index is 1.15. The van der Waals surface area contributed by atoms with E-state index in [9.17, 15) is 0 Å². The van der Waals surface area contributed by atoms with Crippen LogP contribution >= 0.6 is 0 Å². The molecule has 0 radical (unpaired) electrons. The lowest BCUT2D eigenvalue weighted by Gasteiger charge is -2.17. The molecule has 9 aromatic carbocycles. The van der Waals surface area contributed by atoms with Gasteiger partial charge in [-0.2, -0.15) is 0 Å². The van der Waals surface area contributed by atoms with Gasteiger partial charge in [-0.25, -0.2) is 15.0 Å². The van der Waals surface area contributed by atoms with Gasteiger partial charge in [-0.05, 0) is 75.5 Å². The van der Waals surface area contributed by atoms with E-state index in [0.717, 1.165) is 77.3 Å². The van der Waals surface area contributed by atoms with E-state index in [-0.39, 0.29) is 0 Å². The fourth-order valence-electron chi connectivity index (χ4n) is 10.1. The van der Waals surface area contributed by atoms with Gasteiger partial charge in [0, 0.05) is 37.9 Å². The topological polar surface area (TPSA) is 69.9 Å². The molecule has 61 heavy (non-hydrogen) atoms. The van der Waals surface area contributed by atoms with Crippen LogP contribution in [0.25, 0.3) is 139 Å². The van der Waals surface area contributed by atoms with Crippen molar-refractivity contribution < 1.29 is 8.83 Å². The molecule has 6 nitrogen and oxygen atoms in total. The molecule has 0 bridgehead atoms. The Hall–Kier alpha value is -8.35. The summed E-state index contributed by atoms with van der Waals surface area (Å²) in [6, 6.07) is 63.7. The fourth-order valence-corrected chi connectivity index (χ4v) is 10.1. The second-order valence-electron chi connectivity index (χ2n) is 15.8. The third kappa shape index (κ3) is 4.48. The molecule has 282 valence electrons. The van der Waals surface area contributed by atoms with Crippen LogP contribution in [0.5, 0.6) is 0 Å². The zero-order valence-corrected chi connectivity index (χ0v) is 32.4. The Morgan fingerprint density at radius 1 is 0.344 bits per heavy atom. The lowest BCUT2D eigenvalue weighted by atomic mass is 9.93. The Bertz CT molecular complexity index is 4010. The van der Waals surface area contributed by atoms with Gasteiger partial charge in [0.15, 0.2) is 17.5 Å². The Kier molecular flexibility index (Phi) is 6.46. The molecule has 0 spiro atoms. The normalized spacial score (nSPS) is 12.3. The molecule has 1 aliphatic rings. The van der Waals surface area contributed by atoms with E-state index in [1.165, 1.54) is 43.8 Å². The summed E-state index contributed by atoms with van der Waals surface area (Å²) < 4.78 is 15.6. The molecule has 0 amide bonds. The van der Waals surface area contributed by atoms with Crippen LogP contribution < -0.4 is 0 Å². The van der Waals surface area contributed by atoms with Crippen LogP contribution in [0.1, 0.15) is 0 Å². The molecule has 6 heteroatoms. The highest BCUT2D eigenvalue weighted by atomic mass is 16.3. The van der Waals surface area contributed by atoms with Crippen molar-refractivity contribution in [1.82, 2.24) is 19.5 Å². The van der Waals surface area contributed by atoms with Gasteiger partial charge in [0.05, 0.1) is 27.8 Å². The quantitative estimate of drug-likeness (QED) is 0.178. The van der Waals surface area contributed by atoms with Crippen molar-refractivity contribution in [2.45, 2.75) is 0 Å². The van der Waals surface area contributed by atoms with Crippen LogP contribution in [0.2, 0.25) is 0 Å². The maximum absolute atomic E-state index is 6.63. The molecule has 4 heterocycles. The van der Waals surface area contributed by atoms with Gasteiger partial charge >= 0.3 is 0 Å². The predicted molar refractivity (Wildman–Crippen MR) is 247 cm³/mol. The van der Waals surface area contributed by atoms with Crippen molar-refractivity contribution in [3.63, 3.8) is 0 Å². The minimum atomic E-state index is 0.524. The number of hydrogen-bond acceptors (Lipinski definition) is 5. The van der Waals surface area contributed by atoms with E-state index < -0.39 is 0 Å². The van der Waals surface area contributed by atoms with Crippen LogP contribution in [-0.2, 0) is 0 Å². The van der Waals surface area contributed by atoms with Crippen molar-refractivity contribution in [3.8, 4) is 62.1 Å². The van der Waals surface area contributed by atoms with Crippen LogP contribution in [-0.4, -0.2) is 19.5 Å². The summed E-state index contributed by atoms with van der Waals surface area (Å²) in [5, 5.41) is 8.91. The second kappa shape index (κ2) is 12.1. The number of hydrogen-bond donors (Lipinski definition) is 0. The number of para-hydroxylation sites is 3. The van der Waals surface area contributed by atoms with Crippen molar-refractivity contribution in [1.29, 1.82) is 0 Å². The van der Waals surface area contributed by atoms with Crippen LogP contribution in [0, 0.1) is 0 Å². The fraction of sp³-hybridized carbons (Fsp3) is 0. The molecule has 13 aromatic rings. The van der Waals surface area contributed by atoms with Crippen LogP contribution in [0.15, 0.2) is 191 Å². The average Bonchev–Trinajstić information content (AvgIpc) is 3.98. The summed E-state index contributed by atoms with van der Waals surface area (Å²) in [4.78, 5) is 16.1. The summed E-state index contributed by atoms with van der Waals surface area (Å²) in [6.45, 7) is 0. The minimum Gasteiger partial charge on any atom is -0.456 e. The lowest BCUT2D eigenvalue weighted by molar-refractivity contribution is 0.668. The number of rotatable bonds is 4. The first-order valence-electron chi connectivity index (χ1n) is 20.5. The number of furan rings is 2. The van der Waals surface area contributed by atoms with E-state index in [1.807, 2.05) is 66.7 Å². The first-order chi connectivity index (χ1) is 30.3. The summed E-state index contributed by atoms with van der Waals surface area (Å²) in [7, 11) is 0. The molecule has 0 unspecified atom stereocenters. The van der Waals surface area contributed by atoms with Gasteiger partial charge < -0.3 is 13.4 Å². The molecular weight excluding hydrogens is 749 g/mol. The minimum absolute atomic E-state index is 0.524. The zero-order valence-electron chi connectivity index (χ0n) is 32.4. The van der Waals surface area contributed by atoms with E-state index in [0.29, 0.717) is 17.5 Å². The van der Waals surface area contributed by atoms with Gasteiger partial charge in [0.2, 0.25) is 0 Å². The predicted octanol–water partition coefficient (Wildman–Crippen LogP) is 14.6. The smallest absolute Gasteiger partial charge is 0.167 e. The monoisotopic (exact) mass is 778 g/mol. The molecule has 14 rings (SSSR count). The SMILES string of the molecule is c1ccc(-c2nc(-c3cccc4c3oc3ccccc34)nc(-c3c(-n4c5cccc6c5c5c7c(cccc7ccc54)-c4ccccc4-6)ccc4oc5ccccc5c34)n2)cc1. The third-order valence-corrected chi connectivity index (χ3v) is 12.6. The lowest BCUT2D eigenvalue weighted by Crippen LogP contribution is -2.04. The van der Waals surface area contributed by atoms with Gasteiger partial charge in [-0.3, -0.25) is 0 Å². The Morgan fingerprint density at radius 2 is 0.967 bits per heavy atom. The second-order valence-corrected chi connectivity index (χ2v) is 15.8. The summed E-state index contributed by atoms with van der Waals surface area (Å²) in [5.74, 6) is 1.63. The summed E-state index contributed by atoms with van der Waals surface area (Å²) in [6.07, 6.45) is 0. The van der Waals surface area contributed by atoms with Gasteiger partial charge in [0.25, 0.3) is 0 Å². The first kappa shape index (κ1) is 32.6. The van der Waals surface area contributed by atoms with E-state index in [4.69, 9.17) is 23.8 Å². The first-order valence-corrected chi connectivity index (χ1v) is 20.5. The van der Waals surface area contributed by atoms with Crippen molar-refractivity contribution in [2.75, 3.05) is 0 Å². The highest BCUT2D eigenvalue weighted by molar-refractivity contribution is 6.31.